The summed E-state index contributed by atoms with van der Waals surface area (Å²) in [5, 5.41) is 16.2. The van der Waals surface area contributed by atoms with E-state index in [1.807, 2.05) is 13.0 Å². The molecule has 0 aromatic carbocycles. The van der Waals surface area contributed by atoms with E-state index in [1.54, 1.807) is 34.6 Å². The van der Waals surface area contributed by atoms with E-state index >= 15 is 0 Å². The molecule has 0 spiro atoms. The van der Waals surface area contributed by atoms with Crippen molar-refractivity contribution in [2.75, 3.05) is 0 Å². The fraction of sp³-hybridized carbons (Fsp3) is 0.500. The molecule has 0 unspecified atom stereocenters. The van der Waals surface area contributed by atoms with Crippen LogP contribution in [0.2, 0.25) is 0 Å². The maximum Gasteiger partial charge on any atom is 0.408 e. The number of aromatic nitrogens is 4. The van der Waals surface area contributed by atoms with Gasteiger partial charge in [-0.1, -0.05) is 16.9 Å². The number of amides is 1. The monoisotopic (exact) mass is 430 g/mol. The second-order valence-electron chi connectivity index (χ2n) is 7.85. The number of alkyl carbamates (subject to hydrolysis) is 1. The minimum atomic E-state index is -0.612. The Morgan fingerprint density at radius 2 is 2.10 bits per heavy atom. The molecule has 2 aromatic heterocycles. The number of aryl methyl sites for hydroxylation is 1. The van der Waals surface area contributed by atoms with Crippen LogP contribution in [0.4, 0.5) is 4.79 Å². The first kappa shape index (κ1) is 23.2. The maximum atomic E-state index is 12.4. The summed E-state index contributed by atoms with van der Waals surface area (Å²) in [7, 11) is 0. The van der Waals surface area contributed by atoms with Crippen LogP contribution in [0.1, 0.15) is 74.8 Å². The lowest BCUT2D eigenvalue weighted by atomic mass is 10.1. The van der Waals surface area contributed by atoms with Crippen LogP contribution in [0.15, 0.2) is 17.8 Å². The molecule has 30 heavy (non-hydrogen) atoms. The van der Waals surface area contributed by atoms with Crippen molar-refractivity contribution < 1.29 is 14.3 Å². The highest BCUT2D eigenvalue weighted by atomic mass is 32.1. The highest BCUT2D eigenvalue weighted by molar-refractivity contribution is 7.16. The predicted molar refractivity (Wildman–Crippen MR) is 112 cm³/mol. The summed E-state index contributed by atoms with van der Waals surface area (Å²) in [5.41, 5.74) is 0.241. The van der Waals surface area contributed by atoms with Gasteiger partial charge >= 0.3 is 6.09 Å². The van der Waals surface area contributed by atoms with Gasteiger partial charge in [-0.15, -0.1) is 5.10 Å². The second-order valence-corrected chi connectivity index (χ2v) is 8.86. The summed E-state index contributed by atoms with van der Waals surface area (Å²) in [6, 6.07) is 1.48. The minimum Gasteiger partial charge on any atom is -0.444 e. The lowest BCUT2D eigenvalue weighted by Gasteiger charge is -2.21. The average Bonchev–Trinajstić information content (AvgIpc) is 3.24. The first-order chi connectivity index (χ1) is 14.0. The fourth-order valence-electron chi connectivity index (χ4n) is 2.51. The Morgan fingerprint density at radius 3 is 2.73 bits per heavy atom. The predicted octanol–water partition coefficient (Wildman–Crippen LogP) is 4.05. The number of nitriles is 1. The Labute approximate surface area is 179 Å². The number of allylic oxidation sites excluding steroid dienone is 2. The fourth-order valence-corrected chi connectivity index (χ4v) is 3.35. The van der Waals surface area contributed by atoms with Crippen LogP contribution < -0.4 is 5.32 Å². The van der Waals surface area contributed by atoms with Gasteiger partial charge in [0.05, 0.1) is 23.2 Å². The molecule has 2 aromatic rings. The van der Waals surface area contributed by atoms with E-state index in [4.69, 9.17) is 10.00 Å². The van der Waals surface area contributed by atoms with Crippen molar-refractivity contribution in [2.24, 2.45) is 0 Å². The van der Waals surface area contributed by atoms with Crippen LogP contribution in [0.5, 0.6) is 0 Å². The van der Waals surface area contributed by atoms with Crippen molar-refractivity contribution in [1.82, 2.24) is 25.1 Å². The third kappa shape index (κ3) is 6.49. The molecule has 0 aliphatic rings. The number of rotatable bonds is 7. The van der Waals surface area contributed by atoms with Crippen molar-refractivity contribution in [3.63, 3.8) is 0 Å². The van der Waals surface area contributed by atoms with Crippen molar-refractivity contribution >= 4 is 23.2 Å². The molecule has 1 atom stereocenters. The van der Waals surface area contributed by atoms with Crippen molar-refractivity contribution in [3.8, 4) is 11.2 Å². The molecule has 1 amide bonds. The van der Waals surface area contributed by atoms with Gasteiger partial charge in [-0.3, -0.25) is 4.79 Å². The van der Waals surface area contributed by atoms with E-state index in [9.17, 15) is 9.59 Å². The molecule has 2 rings (SSSR count). The van der Waals surface area contributed by atoms with E-state index in [-0.39, 0.29) is 5.78 Å². The zero-order valence-corrected chi connectivity index (χ0v) is 18.8. The van der Waals surface area contributed by atoms with Crippen LogP contribution in [0.3, 0.4) is 0 Å². The number of hydrogen-bond donors (Lipinski definition) is 1. The zero-order chi connectivity index (χ0) is 22.5. The largest absolute Gasteiger partial charge is 0.444 e. The summed E-state index contributed by atoms with van der Waals surface area (Å²) >= 11 is 1.20. The molecule has 0 fully saturated rings. The van der Waals surface area contributed by atoms with E-state index in [2.05, 4.69) is 20.4 Å². The van der Waals surface area contributed by atoms with Gasteiger partial charge in [0.25, 0.3) is 0 Å². The van der Waals surface area contributed by atoms with Gasteiger partial charge in [-0.2, -0.15) is 9.94 Å². The number of thiazole rings is 1. The number of hydrogen-bond acceptors (Lipinski definition) is 8. The van der Waals surface area contributed by atoms with E-state index in [1.165, 1.54) is 28.3 Å². The summed E-state index contributed by atoms with van der Waals surface area (Å²) in [6.07, 6.45) is 3.21. The molecule has 0 radical (unpaired) electrons. The van der Waals surface area contributed by atoms with Crippen LogP contribution >= 0.6 is 11.3 Å². The molecule has 9 nitrogen and oxygen atoms in total. The number of ether oxygens (including phenoxy) is 1. The third-order valence-electron chi connectivity index (χ3n) is 3.87. The molecule has 0 aliphatic carbocycles. The van der Waals surface area contributed by atoms with Crippen LogP contribution in [0.25, 0.3) is 5.13 Å². The Bertz CT molecular complexity index is 993. The Hall–Kier alpha value is -3.06. The minimum absolute atomic E-state index is 0.0530. The molecule has 0 saturated heterocycles. The molecule has 1 N–H and O–H groups in total. The second kappa shape index (κ2) is 9.63. The van der Waals surface area contributed by atoms with Gasteiger partial charge in [0.15, 0.2) is 11.6 Å². The first-order valence-electron chi connectivity index (χ1n) is 9.48. The van der Waals surface area contributed by atoms with E-state index < -0.39 is 17.7 Å². The molecule has 160 valence electrons. The van der Waals surface area contributed by atoms with E-state index in [0.717, 1.165) is 5.57 Å². The SMILES string of the molecule is C/C(=C\C#N)CCC(=O)c1cnc(-n2nc(C)nc2[C@H](C)NC(=O)OC(C)(C)C)s1. The standard InChI is InChI=1S/C20H26N6O3S/c1-12(9-10-21)7-8-15(27)16-11-22-18(30-16)26-17(24-14(3)25-26)13(2)23-19(28)29-20(4,5)6/h9,11,13H,7-8H2,1-6H3,(H,23,28)/b12-9+/t13-/m0/s1. The molecule has 2 heterocycles. The molecule has 0 aliphatic heterocycles. The zero-order valence-electron chi connectivity index (χ0n) is 18.0. The summed E-state index contributed by atoms with van der Waals surface area (Å²) in [6.45, 7) is 10.7. The maximum absolute atomic E-state index is 12.4. The summed E-state index contributed by atoms with van der Waals surface area (Å²) in [4.78, 5) is 33.7. The van der Waals surface area contributed by atoms with Gasteiger partial charge in [-0.05, 0) is 48.0 Å². The average molecular weight is 431 g/mol. The van der Waals surface area contributed by atoms with Crippen LogP contribution in [-0.2, 0) is 4.74 Å². The number of carbonyl (C=O) groups excluding carboxylic acids is 2. The van der Waals surface area contributed by atoms with Crippen molar-refractivity contribution in [1.29, 1.82) is 5.26 Å². The quantitative estimate of drug-likeness (QED) is 0.519. The lowest BCUT2D eigenvalue weighted by molar-refractivity contribution is 0.0505. The molecular weight excluding hydrogens is 404 g/mol. The highest BCUT2D eigenvalue weighted by Crippen LogP contribution is 2.23. The summed E-state index contributed by atoms with van der Waals surface area (Å²) in [5.74, 6) is 0.949. The van der Waals surface area contributed by atoms with E-state index in [0.29, 0.717) is 34.5 Å². The van der Waals surface area contributed by atoms with Crippen LogP contribution in [0, 0.1) is 18.3 Å². The number of Topliss-reactive ketones (excluding diaryl/α,β-unsaturated/α-hetero) is 1. The van der Waals surface area contributed by atoms with Gasteiger partial charge in [0, 0.05) is 12.5 Å². The smallest absolute Gasteiger partial charge is 0.408 e. The van der Waals surface area contributed by atoms with Crippen molar-refractivity contribution in [2.45, 2.75) is 66.0 Å². The first-order valence-corrected chi connectivity index (χ1v) is 10.3. The van der Waals surface area contributed by atoms with Crippen LogP contribution in [-0.4, -0.2) is 37.2 Å². The molecule has 0 bridgehead atoms. The number of nitrogens with zero attached hydrogens (tertiary/aromatic N) is 5. The molecule has 10 heteroatoms. The number of nitrogens with one attached hydrogen (secondary N) is 1. The van der Waals surface area contributed by atoms with Gasteiger partial charge in [0.2, 0.25) is 5.13 Å². The van der Waals surface area contributed by atoms with Crippen molar-refractivity contribution in [3.05, 3.63) is 34.4 Å². The Kier molecular flexibility index (Phi) is 7.45. The number of ketones is 1. The number of carbonyl (C=O) groups is 2. The van der Waals surface area contributed by atoms with Gasteiger partial charge in [0.1, 0.15) is 11.4 Å². The normalized spacial score (nSPS) is 12.9. The highest BCUT2D eigenvalue weighted by Gasteiger charge is 2.23. The topological polar surface area (TPSA) is 123 Å². The Morgan fingerprint density at radius 1 is 1.40 bits per heavy atom. The molecular formula is C20H26N6O3S. The molecule has 0 saturated carbocycles. The summed E-state index contributed by atoms with van der Waals surface area (Å²) < 4.78 is 6.82. The lowest BCUT2D eigenvalue weighted by Crippen LogP contribution is -2.34. The third-order valence-corrected chi connectivity index (χ3v) is 4.88. The van der Waals surface area contributed by atoms with Gasteiger partial charge in [-0.25, -0.2) is 14.8 Å². The van der Waals surface area contributed by atoms with Gasteiger partial charge < -0.3 is 10.1 Å². The Balaban J connectivity index is 2.16.